The Kier molecular flexibility index (Phi) is 4.34. The molecule has 1 saturated heterocycles. The fraction of sp³-hybridized carbons (Fsp3) is 0.412. The van der Waals surface area contributed by atoms with Gasteiger partial charge in [0.15, 0.2) is 6.61 Å². The second-order valence-corrected chi connectivity index (χ2v) is 5.90. The minimum absolute atomic E-state index is 0.00731. The van der Waals surface area contributed by atoms with E-state index in [0.717, 1.165) is 10.9 Å². The fourth-order valence-corrected chi connectivity index (χ4v) is 2.86. The van der Waals surface area contributed by atoms with Crippen molar-refractivity contribution in [3.8, 4) is 0 Å². The highest BCUT2D eigenvalue weighted by Crippen LogP contribution is 2.15. The predicted octanol–water partition coefficient (Wildman–Crippen LogP) is 1.96. The van der Waals surface area contributed by atoms with E-state index in [9.17, 15) is 9.59 Å². The van der Waals surface area contributed by atoms with Gasteiger partial charge in [0.25, 0.3) is 5.91 Å². The van der Waals surface area contributed by atoms with E-state index in [1.165, 1.54) is 0 Å². The van der Waals surface area contributed by atoms with Gasteiger partial charge in [-0.2, -0.15) is 0 Å². The Morgan fingerprint density at radius 1 is 1.26 bits per heavy atom. The zero-order chi connectivity index (χ0) is 16.4. The number of H-pyrrole nitrogens is 1. The molecule has 0 bridgehead atoms. The predicted molar refractivity (Wildman–Crippen MR) is 85.2 cm³/mol. The number of esters is 1. The third-order valence-corrected chi connectivity index (χ3v) is 3.85. The van der Waals surface area contributed by atoms with Crippen LogP contribution < -0.4 is 0 Å². The van der Waals surface area contributed by atoms with Gasteiger partial charge in [-0.3, -0.25) is 4.79 Å². The molecule has 1 amide bonds. The quantitative estimate of drug-likeness (QED) is 0.879. The van der Waals surface area contributed by atoms with Crippen molar-refractivity contribution in [2.24, 2.45) is 0 Å². The summed E-state index contributed by atoms with van der Waals surface area (Å²) in [5.74, 6) is -0.722. The van der Waals surface area contributed by atoms with E-state index in [1.807, 2.05) is 38.1 Å². The number of para-hydroxylation sites is 1. The van der Waals surface area contributed by atoms with Crippen LogP contribution in [0.25, 0.3) is 10.9 Å². The van der Waals surface area contributed by atoms with Crippen molar-refractivity contribution in [2.75, 3.05) is 19.7 Å². The van der Waals surface area contributed by atoms with Gasteiger partial charge in [0, 0.05) is 24.0 Å². The Bertz CT molecular complexity index is 681. The number of hydrogen-bond acceptors (Lipinski definition) is 4. The van der Waals surface area contributed by atoms with Gasteiger partial charge in [-0.05, 0) is 26.0 Å². The maximum atomic E-state index is 12.2. The summed E-state index contributed by atoms with van der Waals surface area (Å²) in [6, 6.07) is 9.30. The molecule has 2 atom stereocenters. The molecule has 0 saturated carbocycles. The van der Waals surface area contributed by atoms with Crippen molar-refractivity contribution in [2.45, 2.75) is 26.1 Å². The van der Waals surface area contributed by atoms with Crippen LogP contribution in [-0.2, 0) is 14.3 Å². The number of rotatable bonds is 3. The summed E-state index contributed by atoms with van der Waals surface area (Å²) in [5.41, 5.74) is 1.21. The molecule has 3 rings (SSSR count). The standard InChI is InChI=1S/C17H20N2O4/c1-11-8-19(9-12(2)23-11)16(20)10-22-17(21)15-7-13-5-3-4-6-14(13)18-15/h3-7,11-12,18H,8-10H2,1-2H3/t11-,12-/m0/s1. The number of carbonyl (C=O) groups excluding carboxylic acids is 2. The van der Waals surface area contributed by atoms with Crippen LogP contribution in [0.3, 0.4) is 0 Å². The third kappa shape index (κ3) is 3.53. The minimum atomic E-state index is -0.524. The molecule has 1 aliphatic rings. The first kappa shape index (κ1) is 15.6. The Morgan fingerprint density at radius 2 is 1.96 bits per heavy atom. The fourth-order valence-electron chi connectivity index (χ4n) is 2.86. The number of morpholine rings is 1. The van der Waals surface area contributed by atoms with Crippen LogP contribution in [0.2, 0.25) is 0 Å². The number of carbonyl (C=O) groups is 2. The number of nitrogens with zero attached hydrogens (tertiary/aromatic N) is 1. The number of amides is 1. The highest BCUT2D eigenvalue weighted by atomic mass is 16.5. The SMILES string of the molecule is C[C@H]1CN(C(=O)COC(=O)c2cc3ccccc3[nH]2)C[C@H](C)O1. The first-order valence-corrected chi connectivity index (χ1v) is 7.71. The number of benzene rings is 1. The van der Waals surface area contributed by atoms with Gasteiger partial charge in [0.1, 0.15) is 5.69 Å². The van der Waals surface area contributed by atoms with Crippen LogP contribution in [0.5, 0.6) is 0 Å². The van der Waals surface area contributed by atoms with E-state index in [0.29, 0.717) is 18.8 Å². The van der Waals surface area contributed by atoms with Crippen molar-refractivity contribution in [1.29, 1.82) is 0 Å². The van der Waals surface area contributed by atoms with Gasteiger partial charge >= 0.3 is 5.97 Å². The molecular formula is C17H20N2O4. The number of ether oxygens (including phenoxy) is 2. The van der Waals surface area contributed by atoms with E-state index >= 15 is 0 Å². The Morgan fingerprint density at radius 3 is 2.65 bits per heavy atom. The number of nitrogens with one attached hydrogen (secondary N) is 1. The van der Waals surface area contributed by atoms with Gasteiger partial charge in [-0.1, -0.05) is 18.2 Å². The smallest absolute Gasteiger partial charge is 0.355 e. The molecule has 1 fully saturated rings. The lowest BCUT2D eigenvalue weighted by Crippen LogP contribution is -2.49. The van der Waals surface area contributed by atoms with Gasteiger partial charge in [0.05, 0.1) is 12.2 Å². The topological polar surface area (TPSA) is 71.6 Å². The number of aromatic amines is 1. The normalized spacial score (nSPS) is 21.4. The van der Waals surface area contributed by atoms with Crippen LogP contribution in [-0.4, -0.2) is 53.7 Å². The van der Waals surface area contributed by atoms with Crippen molar-refractivity contribution in [3.05, 3.63) is 36.0 Å². The lowest BCUT2D eigenvalue weighted by molar-refractivity contribution is -0.146. The van der Waals surface area contributed by atoms with Gasteiger partial charge < -0.3 is 19.4 Å². The number of hydrogen-bond donors (Lipinski definition) is 1. The molecular weight excluding hydrogens is 296 g/mol. The van der Waals surface area contributed by atoms with Crippen molar-refractivity contribution >= 4 is 22.8 Å². The van der Waals surface area contributed by atoms with Gasteiger partial charge in [-0.25, -0.2) is 4.79 Å². The summed E-state index contributed by atoms with van der Waals surface area (Å²) in [6.45, 7) is 4.63. The molecule has 0 spiro atoms. The molecule has 1 N–H and O–H groups in total. The van der Waals surface area contributed by atoms with E-state index in [2.05, 4.69) is 4.98 Å². The highest BCUT2D eigenvalue weighted by molar-refractivity contribution is 5.95. The molecule has 0 aliphatic carbocycles. The second-order valence-electron chi connectivity index (χ2n) is 5.90. The first-order valence-electron chi connectivity index (χ1n) is 7.71. The van der Waals surface area contributed by atoms with E-state index in [4.69, 9.17) is 9.47 Å². The van der Waals surface area contributed by atoms with Crippen molar-refractivity contribution in [3.63, 3.8) is 0 Å². The maximum Gasteiger partial charge on any atom is 0.355 e. The summed E-state index contributed by atoms with van der Waals surface area (Å²) in [4.78, 5) is 28.9. The lowest BCUT2D eigenvalue weighted by atomic mass is 10.2. The Balaban J connectivity index is 1.59. The summed E-state index contributed by atoms with van der Waals surface area (Å²) < 4.78 is 10.7. The molecule has 1 aromatic heterocycles. The molecule has 0 radical (unpaired) electrons. The van der Waals surface area contributed by atoms with Crippen LogP contribution in [0.1, 0.15) is 24.3 Å². The van der Waals surface area contributed by atoms with Crippen molar-refractivity contribution < 1.29 is 19.1 Å². The number of fused-ring (bicyclic) bond motifs is 1. The van der Waals surface area contributed by atoms with Gasteiger partial charge in [-0.15, -0.1) is 0 Å². The zero-order valence-corrected chi connectivity index (χ0v) is 13.2. The Labute approximate surface area is 134 Å². The number of aromatic nitrogens is 1. The molecule has 6 nitrogen and oxygen atoms in total. The molecule has 6 heteroatoms. The summed E-state index contributed by atoms with van der Waals surface area (Å²) in [5, 5.41) is 0.932. The molecule has 2 heterocycles. The molecule has 122 valence electrons. The summed E-state index contributed by atoms with van der Waals surface area (Å²) >= 11 is 0. The molecule has 23 heavy (non-hydrogen) atoms. The highest BCUT2D eigenvalue weighted by Gasteiger charge is 2.26. The molecule has 0 unspecified atom stereocenters. The molecule has 1 aliphatic heterocycles. The van der Waals surface area contributed by atoms with Crippen LogP contribution in [0, 0.1) is 0 Å². The van der Waals surface area contributed by atoms with E-state index < -0.39 is 5.97 Å². The lowest BCUT2D eigenvalue weighted by Gasteiger charge is -2.35. The second kappa shape index (κ2) is 6.42. The average molecular weight is 316 g/mol. The summed E-state index contributed by atoms with van der Waals surface area (Å²) in [7, 11) is 0. The molecule has 2 aromatic rings. The Hall–Kier alpha value is -2.34. The monoisotopic (exact) mass is 316 g/mol. The van der Waals surface area contributed by atoms with Crippen LogP contribution in [0.4, 0.5) is 0 Å². The van der Waals surface area contributed by atoms with Crippen molar-refractivity contribution in [1.82, 2.24) is 9.88 Å². The largest absolute Gasteiger partial charge is 0.451 e. The third-order valence-electron chi connectivity index (χ3n) is 3.85. The molecule has 1 aromatic carbocycles. The minimum Gasteiger partial charge on any atom is -0.451 e. The maximum absolute atomic E-state index is 12.2. The van der Waals surface area contributed by atoms with E-state index in [-0.39, 0.29) is 24.7 Å². The zero-order valence-electron chi connectivity index (χ0n) is 13.2. The van der Waals surface area contributed by atoms with Crippen LogP contribution in [0.15, 0.2) is 30.3 Å². The summed E-state index contributed by atoms with van der Waals surface area (Å²) in [6.07, 6.45) is -0.0146. The van der Waals surface area contributed by atoms with Gasteiger partial charge in [0.2, 0.25) is 0 Å². The van der Waals surface area contributed by atoms with E-state index in [1.54, 1.807) is 11.0 Å². The average Bonchev–Trinajstić information content (AvgIpc) is 2.95. The van der Waals surface area contributed by atoms with Crippen LogP contribution >= 0.6 is 0 Å². The first-order chi connectivity index (χ1) is 11.0.